The summed E-state index contributed by atoms with van der Waals surface area (Å²) >= 11 is 0. The third-order valence-corrected chi connectivity index (χ3v) is 6.87. The van der Waals surface area contributed by atoms with Crippen LogP contribution in [0.5, 0.6) is 0 Å². The first-order chi connectivity index (χ1) is 19.1. The normalized spacial score (nSPS) is 17.1. The van der Waals surface area contributed by atoms with Gasteiger partial charge in [-0.1, -0.05) is 44.2 Å². The highest BCUT2D eigenvalue weighted by Crippen LogP contribution is 2.18. The van der Waals surface area contributed by atoms with E-state index in [-0.39, 0.29) is 37.6 Å². The summed E-state index contributed by atoms with van der Waals surface area (Å²) < 4.78 is 0. The first kappa shape index (κ1) is 32.7. The van der Waals surface area contributed by atoms with Gasteiger partial charge in [0.1, 0.15) is 24.2 Å². The maximum absolute atomic E-state index is 13.5. The molecule has 3 unspecified atom stereocenters. The standard InChI is InChI=1S/C28H44N6O6/c1-18(2)15-22(28(39)40)33-26(37)21(16-19-9-4-3-5-10-19)32-25(36)20(11-6-7-13-29)31-27(38)23-12-8-14-34(23)24(35)17-30/h3-5,9-10,18,20-23H,6-8,11-17,29-30H2,1-2H3,(H,31,38)(H,32,36)(H,33,37)(H,39,40)/t20?,21?,22?,23-/m0/s1. The minimum atomic E-state index is -1.16. The molecular formula is C28H44N6O6. The van der Waals surface area contributed by atoms with E-state index in [2.05, 4.69) is 16.0 Å². The van der Waals surface area contributed by atoms with Gasteiger partial charge in [0, 0.05) is 13.0 Å². The van der Waals surface area contributed by atoms with Gasteiger partial charge in [-0.2, -0.15) is 0 Å². The fourth-order valence-electron chi connectivity index (χ4n) is 4.78. The van der Waals surface area contributed by atoms with Crippen LogP contribution in [-0.2, 0) is 30.4 Å². The van der Waals surface area contributed by atoms with Crippen molar-refractivity contribution in [1.82, 2.24) is 20.9 Å². The van der Waals surface area contributed by atoms with E-state index in [9.17, 15) is 29.1 Å². The van der Waals surface area contributed by atoms with Gasteiger partial charge < -0.3 is 37.4 Å². The number of benzene rings is 1. The molecule has 2 rings (SSSR count). The Balaban J connectivity index is 2.24. The lowest BCUT2D eigenvalue weighted by atomic mass is 10.0. The van der Waals surface area contributed by atoms with Crippen LogP contribution >= 0.6 is 0 Å². The van der Waals surface area contributed by atoms with Crippen LogP contribution in [-0.4, -0.2) is 83.4 Å². The molecule has 40 heavy (non-hydrogen) atoms. The van der Waals surface area contributed by atoms with E-state index in [0.29, 0.717) is 38.8 Å². The Labute approximate surface area is 235 Å². The van der Waals surface area contributed by atoms with E-state index in [0.717, 1.165) is 5.56 Å². The number of likely N-dealkylation sites (tertiary alicyclic amines) is 1. The van der Waals surface area contributed by atoms with Gasteiger partial charge in [-0.25, -0.2) is 4.79 Å². The number of carbonyl (C=O) groups is 5. The second kappa shape index (κ2) is 16.6. The average Bonchev–Trinajstić information content (AvgIpc) is 3.42. The number of hydrogen-bond donors (Lipinski definition) is 6. The highest BCUT2D eigenvalue weighted by molar-refractivity contribution is 5.95. The second-order valence-electron chi connectivity index (χ2n) is 10.6. The first-order valence-electron chi connectivity index (χ1n) is 13.9. The summed E-state index contributed by atoms with van der Waals surface area (Å²) in [6, 6.07) is 5.13. The van der Waals surface area contributed by atoms with Crippen molar-refractivity contribution >= 4 is 29.6 Å². The van der Waals surface area contributed by atoms with Crippen molar-refractivity contribution in [2.75, 3.05) is 19.6 Å². The fraction of sp³-hybridized carbons (Fsp3) is 0.607. The molecular weight excluding hydrogens is 516 g/mol. The Morgan fingerprint density at radius 3 is 2.20 bits per heavy atom. The SMILES string of the molecule is CC(C)CC(NC(=O)C(Cc1ccccc1)NC(=O)C(CCCCN)NC(=O)[C@@H]1CCCN1C(=O)CN)C(=O)O. The smallest absolute Gasteiger partial charge is 0.326 e. The van der Waals surface area contributed by atoms with E-state index in [1.165, 1.54) is 4.90 Å². The van der Waals surface area contributed by atoms with Crippen LogP contribution in [0.15, 0.2) is 30.3 Å². The number of carboxylic acid groups (broad SMARTS) is 1. The number of amides is 4. The van der Waals surface area contributed by atoms with Crippen LogP contribution in [0.3, 0.4) is 0 Å². The number of carbonyl (C=O) groups excluding carboxylic acids is 4. The Kier molecular flexibility index (Phi) is 13.5. The predicted molar refractivity (Wildman–Crippen MR) is 150 cm³/mol. The first-order valence-corrected chi connectivity index (χ1v) is 13.9. The molecule has 0 bridgehead atoms. The molecule has 1 fully saturated rings. The Morgan fingerprint density at radius 1 is 0.950 bits per heavy atom. The molecule has 0 aliphatic carbocycles. The molecule has 12 nitrogen and oxygen atoms in total. The molecule has 1 aromatic rings. The lowest BCUT2D eigenvalue weighted by Gasteiger charge is -2.28. The summed E-state index contributed by atoms with van der Waals surface area (Å²) in [5.74, 6) is -3.14. The van der Waals surface area contributed by atoms with Gasteiger partial charge in [-0.3, -0.25) is 19.2 Å². The van der Waals surface area contributed by atoms with E-state index in [4.69, 9.17) is 11.5 Å². The highest BCUT2D eigenvalue weighted by atomic mass is 16.4. The minimum absolute atomic E-state index is 0.0204. The minimum Gasteiger partial charge on any atom is -0.480 e. The molecule has 222 valence electrons. The Hall–Kier alpha value is -3.51. The van der Waals surface area contributed by atoms with E-state index < -0.39 is 47.9 Å². The monoisotopic (exact) mass is 560 g/mol. The number of nitrogens with one attached hydrogen (secondary N) is 3. The molecule has 0 radical (unpaired) electrons. The molecule has 1 saturated heterocycles. The van der Waals surface area contributed by atoms with Crippen molar-refractivity contribution < 1.29 is 29.1 Å². The lowest BCUT2D eigenvalue weighted by Crippen LogP contribution is -2.58. The zero-order valence-corrected chi connectivity index (χ0v) is 23.4. The fourth-order valence-corrected chi connectivity index (χ4v) is 4.78. The number of unbranched alkanes of at least 4 members (excludes halogenated alkanes) is 1. The van der Waals surface area contributed by atoms with Crippen molar-refractivity contribution in [1.29, 1.82) is 0 Å². The van der Waals surface area contributed by atoms with Crippen LogP contribution in [0, 0.1) is 5.92 Å². The summed E-state index contributed by atoms with van der Waals surface area (Å²) in [6.07, 6.45) is 2.91. The van der Waals surface area contributed by atoms with Crippen molar-refractivity contribution in [3.05, 3.63) is 35.9 Å². The molecule has 8 N–H and O–H groups in total. The molecule has 1 heterocycles. The van der Waals surface area contributed by atoms with Gasteiger partial charge in [0.25, 0.3) is 0 Å². The third kappa shape index (κ3) is 10.2. The van der Waals surface area contributed by atoms with Gasteiger partial charge in [0.2, 0.25) is 23.6 Å². The van der Waals surface area contributed by atoms with Crippen molar-refractivity contribution in [3.8, 4) is 0 Å². The third-order valence-electron chi connectivity index (χ3n) is 6.87. The summed E-state index contributed by atoms with van der Waals surface area (Å²) in [5.41, 5.74) is 11.9. The van der Waals surface area contributed by atoms with Gasteiger partial charge in [-0.15, -0.1) is 0 Å². The zero-order chi connectivity index (χ0) is 29.7. The second-order valence-corrected chi connectivity index (χ2v) is 10.6. The lowest BCUT2D eigenvalue weighted by molar-refractivity contribution is -0.142. The maximum Gasteiger partial charge on any atom is 0.326 e. The highest BCUT2D eigenvalue weighted by Gasteiger charge is 2.36. The van der Waals surface area contributed by atoms with Crippen molar-refractivity contribution in [3.63, 3.8) is 0 Å². The van der Waals surface area contributed by atoms with Gasteiger partial charge in [-0.05, 0) is 56.6 Å². The largest absolute Gasteiger partial charge is 0.480 e. The number of rotatable bonds is 16. The number of nitrogens with two attached hydrogens (primary N) is 2. The summed E-state index contributed by atoms with van der Waals surface area (Å²) in [4.78, 5) is 65.4. The number of carboxylic acids is 1. The molecule has 1 aliphatic heterocycles. The molecule has 0 spiro atoms. The van der Waals surface area contributed by atoms with Gasteiger partial charge in [0.15, 0.2) is 0 Å². The quantitative estimate of drug-likeness (QED) is 0.151. The summed E-state index contributed by atoms with van der Waals surface area (Å²) in [5, 5.41) is 17.7. The van der Waals surface area contributed by atoms with Crippen molar-refractivity contribution in [2.24, 2.45) is 17.4 Å². The summed E-state index contributed by atoms with van der Waals surface area (Å²) in [7, 11) is 0. The van der Waals surface area contributed by atoms with Crippen LogP contribution in [0.25, 0.3) is 0 Å². The maximum atomic E-state index is 13.5. The zero-order valence-electron chi connectivity index (χ0n) is 23.4. The van der Waals surface area contributed by atoms with E-state index >= 15 is 0 Å². The molecule has 1 aromatic carbocycles. The molecule has 1 aliphatic rings. The van der Waals surface area contributed by atoms with E-state index in [1.807, 2.05) is 19.9 Å². The number of nitrogens with zero attached hydrogens (tertiary/aromatic N) is 1. The molecule has 4 atom stereocenters. The van der Waals surface area contributed by atoms with Crippen LogP contribution in [0.2, 0.25) is 0 Å². The van der Waals surface area contributed by atoms with Gasteiger partial charge in [0.05, 0.1) is 6.54 Å². The van der Waals surface area contributed by atoms with Crippen LogP contribution in [0.1, 0.15) is 57.9 Å². The number of aliphatic carboxylic acids is 1. The topological polar surface area (TPSA) is 197 Å². The van der Waals surface area contributed by atoms with Crippen LogP contribution < -0.4 is 27.4 Å². The molecule has 12 heteroatoms. The summed E-state index contributed by atoms with van der Waals surface area (Å²) in [6.45, 7) is 4.32. The van der Waals surface area contributed by atoms with E-state index in [1.54, 1.807) is 24.3 Å². The van der Waals surface area contributed by atoms with Crippen LogP contribution in [0.4, 0.5) is 0 Å². The molecule has 0 saturated carbocycles. The Bertz CT molecular complexity index is 1000. The number of hydrogen-bond acceptors (Lipinski definition) is 7. The predicted octanol–water partition coefficient (Wildman–Crippen LogP) is -0.107. The molecule has 4 amide bonds. The van der Waals surface area contributed by atoms with Crippen molar-refractivity contribution in [2.45, 2.75) is 83.0 Å². The van der Waals surface area contributed by atoms with Gasteiger partial charge >= 0.3 is 5.97 Å². The average molecular weight is 561 g/mol. The molecule has 0 aromatic heterocycles. The Morgan fingerprint density at radius 2 is 1.60 bits per heavy atom.